The Labute approximate surface area is 161 Å². The first kappa shape index (κ1) is 18.8. The van der Waals surface area contributed by atoms with Gasteiger partial charge in [-0.3, -0.25) is 4.79 Å². The molecule has 0 radical (unpaired) electrons. The van der Waals surface area contributed by atoms with Gasteiger partial charge < -0.3 is 14.2 Å². The van der Waals surface area contributed by atoms with Crippen LogP contribution in [0.25, 0.3) is 0 Å². The van der Waals surface area contributed by atoms with E-state index in [0.29, 0.717) is 34.9 Å². The zero-order valence-electron chi connectivity index (χ0n) is 15.1. The smallest absolute Gasteiger partial charge is 0.263 e. The summed E-state index contributed by atoms with van der Waals surface area (Å²) in [5.74, 6) is -0.722. The van der Waals surface area contributed by atoms with Crippen molar-refractivity contribution in [2.75, 3.05) is 32.2 Å². The number of halogens is 1. The number of carbonyl (C=O) groups is 1. The van der Waals surface area contributed by atoms with Crippen LogP contribution in [-0.4, -0.2) is 61.0 Å². The van der Waals surface area contributed by atoms with Crippen molar-refractivity contribution >= 4 is 29.2 Å². The van der Waals surface area contributed by atoms with Crippen LogP contribution in [0.1, 0.15) is 25.7 Å². The maximum absolute atomic E-state index is 14.4. The molecule has 0 N–H and O–H groups in total. The van der Waals surface area contributed by atoms with E-state index in [-0.39, 0.29) is 6.10 Å². The van der Waals surface area contributed by atoms with E-state index < -0.39 is 17.7 Å². The summed E-state index contributed by atoms with van der Waals surface area (Å²) in [6, 6.07) is 0. The van der Waals surface area contributed by atoms with E-state index in [2.05, 4.69) is 9.98 Å². The molecule has 4 rings (SSSR count). The van der Waals surface area contributed by atoms with Gasteiger partial charge in [0.15, 0.2) is 0 Å². The number of thioether (sulfide) groups is 1. The maximum Gasteiger partial charge on any atom is 0.263 e. The molecule has 0 saturated carbocycles. The molecule has 0 bridgehead atoms. The molecule has 1 unspecified atom stereocenters. The first-order chi connectivity index (χ1) is 13.2. The number of fused-ring (bicyclic) bond motifs is 1. The molecule has 27 heavy (non-hydrogen) atoms. The number of hydrogen-bond acceptors (Lipinski definition) is 6. The molecule has 4 aliphatic rings. The first-order valence-corrected chi connectivity index (χ1v) is 10.5. The highest BCUT2D eigenvalue weighted by atomic mass is 32.2. The second-order valence-electron chi connectivity index (χ2n) is 6.98. The Morgan fingerprint density at radius 2 is 2.04 bits per heavy atom. The molecule has 0 spiro atoms. The number of rotatable bonds is 6. The summed E-state index contributed by atoms with van der Waals surface area (Å²) >= 11 is 1.73. The fraction of sp³-hybridized carbons (Fsp3) is 0.632. The fourth-order valence-electron chi connectivity index (χ4n) is 3.49. The second kappa shape index (κ2) is 8.67. The molecule has 8 heteroatoms. The third kappa shape index (κ3) is 4.67. The van der Waals surface area contributed by atoms with E-state index in [4.69, 9.17) is 14.2 Å². The molecule has 1 amide bonds. The minimum Gasteiger partial charge on any atom is -0.491 e. The lowest BCUT2D eigenvalue weighted by Crippen LogP contribution is -2.31. The molecule has 2 atom stereocenters. The third-order valence-electron chi connectivity index (χ3n) is 4.96. The number of carbonyl (C=O) groups excluding carboxylic acids is 1. The van der Waals surface area contributed by atoms with Gasteiger partial charge in [0, 0.05) is 37.2 Å². The number of hydrogen-bond donors (Lipinski definition) is 0. The van der Waals surface area contributed by atoms with Gasteiger partial charge in [-0.25, -0.2) is 9.38 Å². The van der Waals surface area contributed by atoms with Gasteiger partial charge in [0.25, 0.3) is 5.91 Å². The summed E-state index contributed by atoms with van der Waals surface area (Å²) in [5.41, 5.74) is 0.375. The molecule has 3 aliphatic heterocycles. The fourth-order valence-corrected chi connectivity index (χ4v) is 4.53. The summed E-state index contributed by atoms with van der Waals surface area (Å²) in [4.78, 5) is 20.8. The van der Waals surface area contributed by atoms with Gasteiger partial charge in [0.05, 0.1) is 17.6 Å². The number of aliphatic imine (C=N–C) groups is 2. The van der Waals surface area contributed by atoms with Gasteiger partial charge in [-0.1, -0.05) is 0 Å². The molecule has 2 fully saturated rings. The molecule has 3 heterocycles. The molecule has 0 aromatic rings. The summed E-state index contributed by atoms with van der Waals surface area (Å²) < 4.78 is 31.0. The Bertz CT molecular complexity index is 706. The Balaban J connectivity index is 1.41. The van der Waals surface area contributed by atoms with Gasteiger partial charge >= 0.3 is 0 Å². The minimum atomic E-state index is -1.03. The van der Waals surface area contributed by atoms with Crippen LogP contribution in [0.2, 0.25) is 0 Å². The zero-order valence-corrected chi connectivity index (χ0v) is 15.9. The summed E-state index contributed by atoms with van der Waals surface area (Å²) in [5, 5.41) is 0.485. The normalized spacial score (nSPS) is 28.9. The summed E-state index contributed by atoms with van der Waals surface area (Å²) in [6.45, 7) is 2.65. The number of ether oxygens (including phenoxy) is 3. The molecular formula is C19H23FN2O4S. The predicted octanol–water partition coefficient (Wildman–Crippen LogP) is 2.84. The summed E-state index contributed by atoms with van der Waals surface area (Å²) in [6.07, 6.45) is 6.89. The number of allylic oxidation sites excluding steroid dienone is 2. The molecular weight excluding hydrogens is 371 g/mol. The lowest BCUT2D eigenvalue weighted by Gasteiger charge is -2.24. The van der Waals surface area contributed by atoms with Gasteiger partial charge in [-0.2, -0.15) is 16.8 Å². The quantitative estimate of drug-likeness (QED) is 0.693. The van der Waals surface area contributed by atoms with Crippen LogP contribution in [0.5, 0.6) is 0 Å². The summed E-state index contributed by atoms with van der Waals surface area (Å²) in [7, 11) is 0. The average Bonchev–Trinajstić information content (AvgIpc) is 3.19. The molecule has 0 aromatic heterocycles. The maximum atomic E-state index is 14.4. The molecule has 1 aliphatic carbocycles. The van der Waals surface area contributed by atoms with Gasteiger partial charge in [0.2, 0.25) is 0 Å². The van der Waals surface area contributed by atoms with Crippen LogP contribution in [0.4, 0.5) is 4.39 Å². The monoisotopic (exact) mass is 394 g/mol. The van der Waals surface area contributed by atoms with Crippen LogP contribution in [0.15, 0.2) is 33.7 Å². The van der Waals surface area contributed by atoms with E-state index in [0.717, 1.165) is 45.5 Å². The Morgan fingerprint density at radius 1 is 1.19 bits per heavy atom. The van der Waals surface area contributed by atoms with Crippen molar-refractivity contribution in [1.29, 1.82) is 0 Å². The highest BCUT2D eigenvalue weighted by molar-refractivity contribution is 8.00. The van der Waals surface area contributed by atoms with Gasteiger partial charge in [-0.05, 0) is 25.7 Å². The van der Waals surface area contributed by atoms with Crippen molar-refractivity contribution in [2.24, 2.45) is 15.9 Å². The van der Waals surface area contributed by atoms with Gasteiger partial charge in [-0.15, -0.1) is 0 Å². The number of amidine groups is 1. The number of amides is 1. The average molecular weight is 394 g/mol. The van der Waals surface area contributed by atoms with Crippen molar-refractivity contribution in [2.45, 2.75) is 37.0 Å². The lowest BCUT2D eigenvalue weighted by molar-refractivity contribution is -0.119. The van der Waals surface area contributed by atoms with Crippen molar-refractivity contribution in [3.63, 3.8) is 0 Å². The second-order valence-corrected chi connectivity index (χ2v) is 8.27. The van der Waals surface area contributed by atoms with Crippen LogP contribution in [0, 0.1) is 5.92 Å². The van der Waals surface area contributed by atoms with Crippen molar-refractivity contribution in [3.8, 4) is 0 Å². The van der Waals surface area contributed by atoms with Gasteiger partial charge in [0.1, 0.15) is 29.9 Å². The number of nitrogens with zero attached hydrogens (tertiary/aromatic N) is 2. The Morgan fingerprint density at radius 3 is 2.81 bits per heavy atom. The van der Waals surface area contributed by atoms with Crippen LogP contribution < -0.4 is 0 Å². The van der Waals surface area contributed by atoms with E-state index >= 15 is 0 Å². The molecule has 0 aromatic carbocycles. The largest absolute Gasteiger partial charge is 0.491 e. The molecule has 6 nitrogen and oxygen atoms in total. The van der Waals surface area contributed by atoms with E-state index in [1.54, 1.807) is 17.8 Å². The van der Waals surface area contributed by atoms with Crippen molar-refractivity contribution in [1.82, 2.24) is 0 Å². The van der Waals surface area contributed by atoms with Crippen molar-refractivity contribution in [3.05, 3.63) is 23.7 Å². The van der Waals surface area contributed by atoms with Crippen LogP contribution in [-0.2, 0) is 19.0 Å². The minimum absolute atomic E-state index is 0.0445. The topological polar surface area (TPSA) is 69.5 Å². The SMILES string of the molecule is O=C1N=C(CSC2CCOCC2)N=C2C=C(OC[C@@H]3CCCO3)C=C(F)C12. The lowest BCUT2D eigenvalue weighted by atomic mass is 9.94. The highest BCUT2D eigenvalue weighted by Gasteiger charge is 2.35. The van der Waals surface area contributed by atoms with Crippen molar-refractivity contribution < 1.29 is 23.4 Å². The molecule has 146 valence electrons. The Kier molecular flexibility index (Phi) is 6.04. The molecule has 2 saturated heterocycles. The Hall–Kier alpha value is -1.51. The van der Waals surface area contributed by atoms with Crippen LogP contribution in [0.3, 0.4) is 0 Å². The highest BCUT2D eigenvalue weighted by Crippen LogP contribution is 2.29. The van der Waals surface area contributed by atoms with Crippen LogP contribution >= 0.6 is 11.8 Å². The van der Waals surface area contributed by atoms with E-state index in [1.807, 2.05) is 0 Å². The zero-order chi connectivity index (χ0) is 18.6. The standard InChI is InChI=1S/C19H23FN2O4S/c20-15-8-13(26-10-12-2-1-5-25-12)9-16-18(15)19(23)22-17(21-16)11-27-14-3-6-24-7-4-14/h8-9,12,14,18H,1-7,10-11H2/t12-,18?/m0/s1. The van der Waals surface area contributed by atoms with E-state index in [1.165, 1.54) is 6.08 Å². The predicted molar refractivity (Wildman–Crippen MR) is 102 cm³/mol. The van der Waals surface area contributed by atoms with E-state index in [9.17, 15) is 9.18 Å². The third-order valence-corrected chi connectivity index (χ3v) is 6.33. The first-order valence-electron chi connectivity index (χ1n) is 9.41.